The maximum atomic E-state index is 12.0. The number of hydrogen-bond acceptors (Lipinski definition) is 3. The Morgan fingerprint density at radius 3 is 2.55 bits per heavy atom. The molecule has 1 amide bonds. The monoisotopic (exact) mass is 365 g/mol. The van der Waals surface area contributed by atoms with Crippen LogP contribution in [0.4, 0.5) is 0 Å². The van der Waals surface area contributed by atoms with Crippen LogP contribution < -0.4 is 5.32 Å². The van der Waals surface area contributed by atoms with Gasteiger partial charge < -0.3 is 10.4 Å². The van der Waals surface area contributed by atoms with Crippen LogP contribution in [0.15, 0.2) is 41.1 Å². The van der Waals surface area contributed by atoms with E-state index in [0.717, 1.165) is 10.2 Å². The van der Waals surface area contributed by atoms with Crippen LogP contribution in [-0.4, -0.2) is 33.3 Å². The van der Waals surface area contributed by atoms with Gasteiger partial charge in [-0.1, -0.05) is 15.9 Å². The van der Waals surface area contributed by atoms with Crippen molar-refractivity contribution < 1.29 is 14.7 Å². The van der Waals surface area contributed by atoms with E-state index in [1.165, 1.54) is 6.20 Å². The second-order valence-electron chi connectivity index (χ2n) is 5.52. The first kappa shape index (κ1) is 16.2. The van der Waals surface area contributed by atoms with Gasteiger partial charge in [-0.25, -0.2) is 4.68 Å². The summed E-state index contributed by atoms with van der Waals surface area (Å²) in [6, 6.07) is 7.50. The number of halogens is 1. The highest BCUT2D eigenvalue weighted by molar-refractivity contribution is 9.10. The third-order valence-corrected chi connectivity index (χ3v) is 3.73. The predicted molar refractivity (Wildman–Crippen MR) is 85.0 cm³/mol. The molecule has 1 aromatic heterocycles. The van der Waals surface area contributed by atoms with Gasteiger partial charge in [-0.3, -0.25) is 9.59 Å². The zero-order valence-corrected chi connectivity index (χ0v) is 13.8. The molecule has 0 radical (unpaired) electrons. The molecule has 0 spiro atoms. The van der Waals surface area contributed by atoms with Crippen molar-refractivity contribution in [2.45, 2.75) is 13.8 Å². The van der Waals surface area contributed by atoms with Gasteiger partial charge in [0.05, 0.1) is 22.9 Å². The molecule has 0 saturated heterocycles. The Morgan fingerprint density at radius 1 is 1.32 bits per heavy atom. The summed E-state index contributed by atoms with van der Waals surface area (Å²) in [7, 11) is 0. The second kappa shape index (κ2) is 6.31. The van der Waals surface area contributed by atoms with Crippen LogP contribution >= 0.6 is 15.9 Å². The number of carbonyl (C=O) groups excluding carboxylic acids is 1. The number of amides is 1. The van der Waals surface area contributed by atoms with E-state index in [1.807, 2.05) is 24.3 Å². The standard InChI is InChI=1S/C15H16BrN3O3/c1-15(2,14(21)22)9-17-13(20)10-7-18-19(8-10)12-5-3-11(16)4-6-12/h3-8H,9H2,1-2H3,(H,17,20)(H,21,22). The molecule has 0 aliphatic heterocycles. The molecule has 0 atom stereocenters. The Bertz CT molecular complexity index is 692. The third-order valence-electron chi connectivity index (χ3n) is 3.21. The molecule has 0 aliphatic rings. The van der Waals surface area contributed by atoms with Gasteiger partial charge in [0.1, 0.15) is 0 Å². The molecule has 22 heavy (non-hydrogen) atoms. The van der Waals surface area contributed by atoms with E-state index in [2.05, 4.69) is 26.3 Å². The molecule has 0 unspecified atom stereocenters. The molecule has 2 rings (SSSR count). The lowest BCUT2D eigenvalue weighted by molar-refractivity contribution is -0.146. The average molecular weight is 366 g/mol. The molecule has 0 aliphatic carbocycles. The molecular formula is C15H16BrN3O3. The SMILES string of the molecule is CC(C)(CNC(=O)c1cnn(-c2ccc(Br)cc2)c1)C(=O)O. The Kier molecular flexibility index (Phi) is 4.65. The lowest BCUT2D eigenvalue weighted by Crippen LogP contribution is -2.38. The van der Waals surface area contributed by atoms with Crippen LogP contribution in [0.5, 0.6) is 0 Å². The highest BCUT2D eigenvalue weighted by Gasteiger charge is 2.27. The Balaban J connectivity index is 2.06. The number of aromatic nitrogens is 2. The molecular weight excluding hydrogens is 350 g/mol. The van der Waals surface area contributed by atoms with Gasteiger partial charge >= 0.3 is 5.97 Å². The van der Waals surface area contributed by atoms with E-state index in [-0.39, 0.29) is 12.5 Å². The normalized spacial score (nSPS) is 11.2. The fourth-order valence-electron chi connectivity index (χ4n) is 1.65. The van der Waals surface area contributed by atoms with E-state index in [9.17, 15) is 9.59 Å². The molecule has 1 aromatic carbocycles. The first-order chi connectivity index (χ1) is 10.3. The largest absolute Gasteiger partial charge is 0.481 e. The zero-order chi connectivity index (χ0) is 16.3. The van der Waals surface area contributed by atoms with Gasteiger partial charge in [-0.2, -0.15) is 5.10 Å². The van der Waals surface area contributed by atoms with Crippen molar-refractivity contribution in [2.75, 3.05) is 6.54 Å². The number of benzene rings is 1. The maximum absolute atomic E-state index is 12.0. The molecule has 0 bridgehead atoms. The number of hydrogen-bond donors (Lipinski definition) is 2. The van der Waals surface area contributed by atoms with E-state index in [1.54, 1.807) is 24.7 Å². The molecule has 1 heterocycles. The number of aliphatic carboxylic acids is 1. The van der Waals surface area contributed by atoms with Gasteiger partial charge in [0.25, 0.3) is 5.91 Å². The lowest BCUT2D eigenvalue weighted by atomic mass is 9.94. The number of carboxylic acids is 1. The summed E-state index contributed by atoms with van der Waals surface area (Å²) in [5, 5.41) is 15.8. The number of carboxylic acid groups (broad SMARTS) is 1. The smallest absolute Gasteiger partial charge is 0.310 e. The van der Waals surface area contributed by atoms with Gasteiger partial charge in [0, 0.05) is 17.2 Å². The molecule has 2 aromatic rings. The quantitative estimate of drug-likeness (QED) is 0.852. The van der Waals surface area contributed by atoms with Crippen molar-refractivity contribution in [2.24, 2.45) is 5.41 Å². The first-order valence-electron chi connectivity index (χ1n) is 6.62. The fraction of sp³-hybridized carbons (Fsp3) is 0.267. The summed E-state index contributed by atoms with van der Waals surface area (Å²) in [6.45, 7) is 3.16. The molecule has 0 fully saturated rings. The van der Waals surface area contributed by atoms with Crippen LogP contribution in [0, 0.1) is 5.41 Å². The minimum absolute atomic E-state index is 0.0463. The van der Waals surface area contributed by atoms with Crippen LogP contribution in [0.2, 0.25) is 0 Å². The maximum Gasteiger partial charge on any atom is 0.310 e. The fourth-order valence-corrected chi connectivity index (χ4v) is 1.92. The lowest BCUT2D eigenvalue weighted by Gasteiger charge is -2.19. The van der Waals surface area contributed by atoms with Crippen LogP contribution in [0.1, 0.15) is 24.2 Å². The van der Waals surface area contributed by atoms with Crippen molar-refractivity contribution in [3.05, 3.63) is 46.7 Å². The van der Waals surface area contributed by atoms with Crippen molar-refractivity contribution in [1.29, 1.82) is 0 Å². The predicted octanol–water partition coefficient (Wildman–Crippen LogP) is 2.48. The Hall–Kier alpha value is -2.15. The van der Waals surface area contributed by atoms with Gasteiger partial charge in [0.2, 0.25) is 0 Å². The summed E-state index contributed by atoms with van der Waals surface area (Å²) in [6.07, 6.45) is 3.05. The van der Waals surface area contributed by atoms with E-state index >= 15 is 0 Å². The topological polar surface area (TPSA) is 84.2 Å². The van der Waals surface area contributed by atoms with E-state index in [4.69, 9.17) is 5.11 Å². The van der Waals surface area contributed by atoms with E-state index in [0.29, 0.717) is 5.56 Å². The van der Waals surface area contributed by atoms with Crippen LogP contribution in [-0.2, 0) is 4.79 Å². The average Bonchev–Trinajstić information content (AvgIpc) is 2.95. The summed E-state index contributed by atoms with van der Waals surface area (Å²) in [4.78, 5) is 23.1. The Labute approximate surface area is 136 Å². The summed E-state index contributed by atoms with van der Waals surface area (Å²) in [5.74, 6) is -1.31. The second-order valence-corrected chi connectivity index (χ2v) is 6.44. The zero-order valence-electron chi connectivity index (χ0n) is 12.2. The first-order valence-corrected chi connectivity index (χ1v) is 7.41. The molecule has 116 valence electrons. The number of rotatable bonds is 5. The molecule has 6 nitrogen and oxygen atoms in total. The number of nitrogens with zero attached hydrogens (tertiary/aromatic N) is 2. The number of carbonyl (C=O) groups is 2. The highest BCUT2D eigenvalue weighted by Crippen LogP contribution is 2.15. The van der Waals surface area contributed by atoms with Crippen LogP contribution in [0.3, 0.4) is 0 Å². The summed E-state index contributed by atoms with van der Waals surface area (Å²) in [5.41, 5.74) is 0.189. The molecule has 7 heteroatoms. The third kappa shape index (κ3) is 3.73. The Morgan fingerprint density at radius 2 is 1.95 bits per heavy atom. The van der Waals surface area contributed by atoms with Crippen molar-refractivity contribution in [3.63, 3.8) is 0 Å². The van der Waals surface area contributed by atoms with Gasteiger partial charge in [-0.15, -0.1) is 0 Å². The minimum atomic E-state index is -1.02. The highest BCUT2D eigenvalue weighted by atomic mass is 79.9. The molecule has 0 saturated carbocycles. The van der Waals surface area contributed by atoms with Crippen molar-refractivity contribution >= 4 is 27.8 Å². The summed E-state index contributed by atoms with van der Waals surface area (Å²) < 4.78 is 2.54. The summed E-state index contributed by atoms with van der Waals surface area (Å²) >= 11 is 3.36. The van der Waals surface area contributed by atoms with Gasteiger partial charge in [-0.05, 0) is 38.1 Å². The van der Waals surface area contributed by atoms with Crippen LogP contribution in [0.25, 0.3) is 5.69 Å². The van der Waals surface area contributed by atoms with Gasteiger partial charge in [0.15, 0.2) is 0 Å². The minimum Gasteiger partial charge on any atom is -0.481 e. The van der Waals surface area contributed by atoms with Crippen molar-refractivity contribution in [3.8, 4) is 5.69 Å². The number of nitrogens with one attached hydrogen (secondary N) is 1. The van der Waals surface area contributed by atoms with Crippen molar-refractivity contribution in [1.82, 2.24) is 15.1 Å². The molecule has 2 N–H and O–H groups in total. The van der Waals surface area contributed by atoms with E-state index < -0.39 is 11.4 Å².